The van der Waals surface area contributed by atoms with Crippen molar-refractivity contribution in [3.8, 4) is 23.1 Å². The van der Waals surface area contributed by atoms with Gasteiger partial charge in [0.05, 0.1) is 5.52 Å². The number of rotatable bonds is 6. The van der Waals surface area contributed by atoms with E-state index < -0.39 is 0 Å². The van der Waals surface area contributed by atoms with Gasteiger partial charge in [-0.25, -0.2) is 4.98 Å². The largest absolute Gasteiger partial charge is 0.457 e. The standard InChI is InChI=1S/C23H18N2O3/c1-16-14-20(27-19-8-11-24-12-9-19)4-6-22(16)28-23-7-3-18-15-17(10-13-26)2-5-21(18)25-23/h2-9,11-15H,10H2,1H3. The molecule has 0 aliphatic carbocycles. The molecule has 4 aromatic rings. The molecule has 0 aliphatic rings. The van der Waals surface area contributed by atoms with Crippen molar-refractivity contribution in [2.45, 2.75) is 13.3 Å². The highest BCUT2D eigenvalue weighted by Gasteiger charge is 2.07. The summed E-state index contributed by atoms with van der Waals surface area (Å²) < 4.78 is 11.8. The number of hydrogen-bond acceptors (Lipinski definition) is 5. The summed E-state index contributed by atoms with van der Waals surface area (Å²) in [4.78, 5) is 19.2. The molecule has 0 spiro atoms. The molecule has 2 aromatic carbocycles. The van der Waals surface area contributed by atoms with Gasteiger partial charge in [0.25, 0.3) is 0 Å². The zero-order valence-corrected chi connectivity index (χ0v) is 15.3. The minimum atomic E-state index is 0.404. The first-order valence-corrected chi connectivity index (χ1v) is 8.91. The van der Waals surface area contributed by atoms with E-state index in [2.05, 4.69) is 9.97 Å². The molecule has 0 amide bonds. The topological polar surface area (TPSA) is 61.3 Å². The van der Waals surface area contributed by atoms with Crippen molar-refractivity contribution in [2.24, 2.45) is 0 Å². The molecule has 0 unspecified atom stereocenters. The van der Waals surface area contributed by atoms with E-state index in [0.29, 0.717) is 18.1 Å². The van der Waals surface area contributed by atoms with Crippen LogP contribution in [0.1, 0.15) is 11.1 Å². The number of nitrogens with zero attached hydrogens (tertiary/aromatic N) is 2. The van der Waals surface area contributed by atoms with E-state index in [1.807, 2.05) is 55.5 Å². The quantitative estimate of drug-likeness (QED) is 0.433. The molecule has 0 bridgehead atoms. The average Bonchev–Trinajstić information content (AvgIpc) is 2.71. The van der Waals surface area contributed by atoms with E-state index in [-0.39, 0.29) is 0 Å². The van der Waals surface area contributed by atoms with Gasteiger partial charge in [-0.2, -0.15) is 0 Å². The SMILES string of the molecule is Cc1cc(Oc2ccncc2)ccc1Oc1ccc2cc(CC=O)ccc2n1. The number of fused-ring (bicyclic) bond motifs is 1. The lowest BCUT2D eigenvalue weighted by Crippen LogP contribution is -1.93. The van der Waals surface area contributed by atoms with Crippen LogP contribution in [0.3, 0.4) is 0 Å². The zero-order chi connectivity index (χ0) is 19.3. The molecule has 0 fully saturated rings. The Hall–Kier alpha value is -3.73. The Bertz CT molecular complexity index is 1130. The highest BCUT2D eigenvalue weighted by atomic mass is 16.5. The van der Waals surface area contributed by atoms with Crippen molar-refractivity contribution in [1.82, 2.24) is 9.97 Å². The van der Waals surface area contributed by atoms with Crippen LogP contribution < -0.4 is 9.47 Å². The third-order valence-electron chi connectivity index (χ3n) is 4.29. The van der Waals surface area contributed by atoms with Crippen LogP contribution in [-0.4, -0.2) is 16.3 Å². The highest BCUT2D eigenvalue weighted by Crippen LogP contribution is 2.30. The normalized spacial score (nSPS) is 10.6. The van der Waals surface area contributed by atoms with Crippen molar-refractivity contribution in [2.75, 3.05) is 0 Å². The number of carbonyl (C=O) groups excluding carboxylic acids is 1. The monoisotopic (exact) mass is 370 g/mol. The number of aromatic nitrogens is 2. The molecule has 0 atom stereocenters. The van der Waals surface area contributed by atoms with E-state index in [0.717, 1.165) is 39.8 Å². The Morgan fingerprint density at radius 1 is 0.893 bits per heavy atom. The van der Waals surface area contributed by atoms with Crippen molar-refractivity contribution in [3.05, 3.63) is 84.2 Å². The van der Waals surface area contributed by atoms with Crippen molar-refractivity contribution < 1.29 is 14.3 Å². The molecule has 0 radical (unpaired) electrons. The summed E-state index contributed by atoms with van der Waals surface area (Å²) in [6.45, 7) is 1.96. The van der Waals surface area contributed by atoms with Crippen LogP contribution in [0.25, 0.3) is 10.9 Å². The van der Waals surface area contributed by atoms with E-state index in [9.17, 15) is 4.79 Å². The number of hydrogen-bond donors (Lipinski definition) is 0. The van der Waals surface area contributed by atoms with E-state index in [1.165, 1.54) is 0 Å². The van der Waals surface area contributed by atoms with Crippen molar-refractivity contribution in [1.29, 1.82) is 0 Å². The second kappa shape index (κ2) is 7.88. The Balaban J connectivity index is 1.53. The Labute approximate surface area is 162 Å². The van der Waals surface area contributed by atoms with Crippen LogP contribution in [0.15, 0.2) is 73.1 Å². The molecular weight excluding hydrogens is 352 g/mol. The van der Waals surface area contributed by atoms with E-state index >= 15 is 0 Å². The van der Waals surface area contributed by atoms with Crippen LogP contribution in [-0.2, 0) is 11.2 Å². The summed E-state index contributed by atoms with van der Waals surface area (Å²) in [5.41, 5.74) is 2.73. The van der Waals surface area contributed by atoms with E-state index in [1.54, 1.807) is 24.5 Å². The predicted octanol–water partition coefficient (Wildman–Crippen LogP) is 5.26. The molecule has 4 rings (SSSR count). The highest BCUT2D eigenvalue weighted by molar-refractivity contribution is 5.80. The average molecular weight is 370 g/mol. The van der Waals surface area contributed by atoms with Gasteiger partial charge in [0.15, 0.2) is 0 Å². The van der Waals surface area contributed by atoms with Crippen LogP contribution in [0.4, 0.5) is 0 Å². The second-order valence-electron chi connectivity index (χ2n) is 6.36. The Kier molecular flexibility index (Phi) is 4.97. The lowest BCUT2D eigenvalue weighted by molar-refractivity contribution is -0.107. The minimum absolute atomic E-state index is 0.404. The number of carbonyl (C=O) groups is 1. The first-order chi connectivity index (χ1) is 13.7. The molecular formula is C23H18N2O3. The molecule has 5 heteroatoms. The molecule has 2 heterocycles. The maximum Gasteiger partial charge on any atom is 0.219 e. The van der Waals surface area contributed by atoms with Gasteiger partial charge in [-0.05, 0) is 66.6 Å². The number of ether oxygens (including phenoxy) is 2. The fourth-order valence-corrected chi connectivity index (χ4v) is 2.89. The third kappa shape index (κ3) is 3.99. The van der Waals surface area contributed by atoms with Crippen LogP contribution >= 0.6 is 0 Å². The predicted molar refractivity (Wildman–Crippen MR) is 107 cm³/mol. The Morgan fingerprint density at radius 2 is 1.75 bits per heavy atom. The van der Waals surface area contributed by atoms with Gasteiger partial charge < -0.3 is 14.3 Å². The maximum absolute atomic E-state index is 10.7. The van der Waals surface area contributed by atoms with Gasteiger partial charge in [0, 0.05) is 30.3 Å². The first kappa shape index (κ1) is 17.7. The summed E-state index contributed by atoms with van der Waals surface area (Å²) in [5.74, 6) is 2.69. The van der Waals surface area contributed by atoms with Gasteiger partial charge >= 0.3 is 0 Å². The smallest absolute Gasteiger partial charge is 0.219 e. The fraction of sp³-hybridized carbons (Fsp3) is 0.0870. The molecule has 5 nitrogen and oxygen atoms in total. The third-order valence-corrected chi connectivity index (χ3v) is 4.29. The lowest BCUT2D eigenvalue weighted by atomic mass is 10.1. The lowest BCUT2D eigenvalue weighted by Gasteiger charge is -2.11. The van der Waals surface area contributed by atoms with E-state index in [4.69, 9.17) is 9.47 Å². The molecule has 0 N–H and O–H groups in total. The molecule has 2 aromatic heterocycles. The van der Waals surface area contributed by atoms with Gasteiger partial charge in [0.2, 0.25) is 5.88 Å². The second-order valence-corrected chi connectivity index (χ2v) is 6.36. The molecule has 0 saturated heterocycles. The zero-order valence-electron chi connectivity index (χ0n) is 15.3. The minimum Gasteiger partial charge on any atom is -0.457 e. The number of pyridine rings is 2. The van der Waals surface area contributed by atoms with Gasteiger partial charge in [-0.1, -0.05) is 6.07 Å². The fourth-order valence-electron chi connectivity index (χ4n) is 2.89. The van der Waals surface area contributed by atoms with Crippen molar-refractivity contribution >= 4 is 17.2 Å². The number of benzene rings is 2. The van der Waals surface area contributed by atoms with Crippen molar-refractivity contribution in [3.63, 3.8) is 0 Å². The molecule has 0 aliphatic heterocycles. The maximum atomic E-state index is 10.7. The van der Waals surface area contributed by atoms with Crippen LogP contribution in [0, 0.1) is 6.92 Å². The van der Waals surface area contributed by atoms with Gasteiger partial charge in [0.1, 0.15) is 23.5 Å². The molecule has 0 saturated carbocycles. The van der Waals surface area contributed by atoms with Gasteiger partial charge in [-0.15, -0.1) is 0 Å². The summed E-state index contributed by atoms with van der Waals surface area (Å²) in [7, 11) is 0. The van der Waals surface area contributed by atoms with Crippen LogP contribution in [0.2, 0.25) is 0 Å². The first-order valence-electron chi connectivity index (χ1n) is 8.91. The molecule has 138 valence electrons. The Morgan fingerprint density at radius 3 is 2.54 bits per heavy atom. The van der Waals surface area contributed by atoms with Crippen LogP contribution in [0.5, 0.6) is 23.1 Å². The summed E-state index contributed by atoms with van der Waals surface area (Å²) >= 11 is 0. The van der Waals surface area contributed by atoms with Gasteiger partial charge in [-0.3, -0.25) is 4.98 Å². The number of aldehydes is 1. The summed E-state index contributed by atoms with van der Waals surface area (Å²) in [6, 6.07) is 18.8. The summed E-state index contributed by atoms with van der Waals surface area (Å²) in [6.07, 6.45) is 4.68. The molecule has 28 heavy (non-hydrogen) atoms. The number of aryl methyl sites for hydroxylation is 1. The summed E-state index contributed by atoms with van der Waals surface area (Å²) in [5, 5.41) is 0.976.